The van der Waals surface area contributed by atoms with E-state index in [4.69, 9.17) is 19.3 Å². The van der Waals surface area contributed by atoms with Gasteiger partial charge in [0.25, 0.3) is 0 Å². The van der Waals surface area contributed by atoms with Gasteiger partial charge in [-0.25, -0.2) is 9.59 Å². The van der Waals surface area contributed by atoms with Gasteiger partial charge in [-0.1, -0.05) is 45.4 Å². The highest BCUT2D eigenvalue weighted by Gasteiger charge is 2.20. The molecule has 0 saturated carbocycles. The van der Waals surface area contributed by atoms with Gasteiger partial charge in [-0.3, -0.25) is 14.4 Å². The fourth-order valence-electron chi connectivity index (χ4n) is 4.15. The summed E-state index contributed by atoms with van der Waals surface area (Å²) in [6, 6.07) is 5.19. The minimum atomic E-state index is -1.18. The lowest BCUT2D eigenvalue weighted by Crippen LogP contribution is -2.41. The molecule has 13 nitrogen and oxygen atoms in total. The molecular weight excluding hydrogens is 586 g/mol. The van der Waals surface area contributed by atoms with E-state index in [0.29, 0.717) is 25.3 Å². The number of hydrogen-bond acceptors (Lipinski definition) is 8. The smallest absolute Gasteiger partial charge is 0.335 e. The quantitative estimate of drug-likeness (QED) is 0.0853. The number of nitrogens with one attached hydrogen (secondary N) is 3. The molecule has 13 heteroatoms. The molecule has 0 saturated heterocycles. The van der Waals surface area contributed by atoms with Gasteiger partial charge in [-0.15, -0.1) is 0 Å². The number of carboxylic acid groups (broad SMARTS) is 2. The van der Waals surface area contributed by atoms with E-state index in [-0.39, 0.29) is 75.5 Å². The molecule has 3 amide bonds. The number of carbonyl (C=O) groups excluding carboxylic acids is 3. The summed E-state index contributed by atoms with van der Waals surface area (Å²) in [5, 5.41) is 26.3. The van der Waals surface area contributed by atoms with Crippen LogP contribution in [0.15, 0.2) is 24.3 Å². The third kappa shape index (κ3) is 21.6. The van der Waals surface area contributed by atoms with Crippen molar-refractivity contribution < 1.29 is 48.4 Å². The Bertz CT molecular complexity index is 1000. The van der Waals surface area contributed by atoms with Crippen molar-refractivity contribution in [1.29, 1.82) is 0 Å². The molecule has 0 aliphatic carbocycles. The van der Waals surface area contributed by atoms with Gasteiger partial charge in [0.15, 0.2) is 0 Å². The Morgan fingerprint density at radius 1 is 0.689 bits per heavy atom. The number of rotatable bonds is 28. The summed E-state index contributed by atoms with van der Waals surface area (Å²) in [5.41, 5.74) is 0.224. The monoisotopic (exact) mass is 637 g/mol. The molecule has 1 aromatic rings. The predicted molar refractivity (Wildman–Crippen MR) is 167 cm³/mol. The third-order valence-electron chi connectivity index (χ3n) is 6.74. The van der Waals surface area contributed by atoms with Crippen molar-refractivity contribution in [2.45, 2.75) is 90.0 Å². The zero-order chi connectivity index (χ0) is 33.1. The molecule has 0 unspecified atom stereocenters. The zero-order valence-electron chi connectivity index (χ0n) is 26.5. The van der Waals surface area contributed by atoms with Crippen molar-refractivity contribution >= 4 is 29.7 Å². The first-order valence-corrected chi connectivity index (χ1v) is 15.9. The predicted octanol–water partition coefficient (Wildman–Crippen LogP) is 3.30. The third-order valence-corrected chi connectivity index (χ3v) is 6.74. The summed E-state index contributed by atoms with van der Waals surface area (Å²) in [4.78, 5) is 58.2. The van der Waals surface area contributed by atoms with E-state index >= 15 is 0 Å². The van der Waals surface area contributed by atoms with E-state index in [1.807, 2.05) is 6.92 Å². The summed E-state index contributed by atoms with van der Waals surface area (Å²) in [6.07, 6.45) is 8.55. The van der Waals surface area contributed by atoms with Crippen molar-refractivity contribution in [3.05, 3.63) is 29.8 Å². The SMILES string of the molecule is CCCCNC(=O)COCCOCCNC(=O)CC[C@H](NC(=O)CCCCCCCCCOc1ccc(C(=O)O)cc1)C(=O)O. The van der Waals surface area contributed by atoms with E-state index in [2.05, 4.69) is 16.0 Å². The number of aliphatic carboxylic acids is 1. The van der Waals surface area contributed by atoms with Gasteiger partial charge < -0.3 is 40.4 Å². The van der Waals surface area contributed by atoms with Gasteiger partial charge in [-0.2, -0.15) is 0 Å². The van der Waals surface area contributed by atoms with Crippen LogP contribution in [0, 0.1) is 0 Å². The van der Waals surface area contributed by atoms with Crippen molar-refractivity contribution in [3.8, 4) is 5.75 Å². The molecule has 5 N–H and O–H groups in total. The first-order valence-electron chi connectivity index (χ1n) is 15.9. The Morgan fingerprint density at radius 2 is 1.33 bits per heavy atom. The lowest BCUT2D eigenvalue weighted by molar-refractivity contribution is -0.142. The second kappa shape index (κ2) is 25.6. The minimum Gasteiger partial charge on any atom is -0.494 e. The van der Waals surface area contributed by atoms with Gasteiger partial charge in [0.1, 0.15) is 18.4 Å². The van der Waals surface area contributed by atoms with Crippen molar-refractivity contribution in [2.75, 3.05) is 46.1 Å². The zero-order valence-corrected chi connectivity index (χ0v) is 26.5. The lowest BCUT2D eigenvalue weighted by atomic mass is 10.1. The molecule has 0 radical (unpaired) electrons. The maximum Gasteiger partial charge on any atom is 0.335 e. The number of carbonyl (C=O) groups is 5. The second-order valence-corrected chi connectivity index (χ2v) is 10.6. The highest BCUT2D eigenvalue weighted by molar-refractivity contribution is 5.87. The molecule has 0 aliphatic rings. The number of aromatic carboxylic acids is 1. The van der Waals surface area contributed by atoms with E-state index in [9.17, 15) is 29.1 Å². The summed E-state index contributed by atoms with van der Waals surface area (Å²) in [7, 11) is 0. The molecule has 254 valence electrons. The summed E-state index contributed by atoms with van der Waals surface area (Å²) in [6.45, 7) is 4.23. The first-order chi connectivity index (χ1) is 21.7. The number of carboxylic acids is 2. The first kappa shape index (κ1) is 39.3. The van der Waals surface area contributed by atoms with Crippen LogP contribution >= 0.6 is 0 Å². The fourth-order valence-corrected chi connectivity index (χ4v) is 4.15. The Balaban J connectivity index is 2.01. The van der Waals surface area contributed by atoms with Crippen LogP contribution in [-0.2, 0) is 28.7 Å². The van der Waals surface area contributed by atoms with Crippen LogP contribution in [0.25, 0.3) is 0 Å². The molecule has 0 bridgehead atoms. The van der Waals surface area contributed by atoms with Crippen molar-refractivity contribution in [3.63, 3.8) is 0 Å². The van der Waals surface area contributed by atoms with E-state index in [1.54, 1.807) is 12.1 Å². The van der Waals surface area contributed by atoms with E-state index in [1.165, 1.54) is 12.1 Å². The topological polar surface area (TPSA) is 190 Å². The van der Waals surface area contributed by atoms with Crippen molar-refractivity contribution in [2.24, 2.45) is 0 Å². The summed E-state index contributed by atoms with van der Waals surface area (Å²) in [5.74, 6) is -2.35. The Hall–Kier alpha value is -3.71. The number of ether oxygens (including phenoxy) is 3. The maximum absolute atomic E-state index is 12.2. The molecule has 0 fully saturated rings. The highest BCUT2D eigenvalue weighted by Crippen LogP contribution is 2.14. The van der Waals surface area contributed by atoms with Crippen LogP contribution in [0.5, 0.6) is 5.75 Å². The average Bonchev–Trinajstić information content (AvgIpc) is 3.01. The maximum atomic E-state index is 12.2. The fraction of sp³-hybridized carbons (Fsp3) is 0.656. The molecule has 0 heterocycles. The standard InChI is InChI=1S/C32H51N3O10/c1-2-3-18-33-30(38)24-44-23-22-43-21-19-34-28(36)17-16-27(32(41)42)35-29(37)11-9-7-5-4-6-8-10-20-45-26-14-12-25(13-15-26)31(39)40/h12-15,27H,2-11,16-24H2,1H3,(H,33,38)(H,34,36)(H,35,37)(H,39,40)(H,41,42)/t27-/m0/s1. The molecule has 1 aromatic carbocycles. The van der Waals surface area contributed by atoms with Crippen LogP contribution in [0.4, 0.5) is 0 Å². The summed E-state index contributed by atoms with van der Waals surface area (Å²) < 4.78 is 16.2. The Kier molecular flexibility index (Phi) is 22.4. The van der Waals surface area contributed by atoms with E-state index in [0.717, 1.165) is 51.4 Å². The van der Waals surface area contributed by atoms with Crippen molar-refractivity contribution in [1.82, 2.24) is 16.0 Å². The molecule has 45 heavy (non-hydrogen) atoms. The van der Waals surface area contributed by atoms with Gasteiger partial charge in [-0.05, 0) is 49.9 Å². The van der Waals surface area contributed by atoms with Gasteiger partial charge in [0.2, 0.25) is 17.7 Å². The molecule has 1 rings (SSSR count). The molecule has 1 atom stereocenters. The molecular formula is C32H51N3O10. The molecule has 0 aliphatic heterocycles. The lowest BCUT2D eigenvalue weighted by Gasteiger charge is -2.14. The second-order valence-electron chi connectivity index (χ2n) is 10.6. The average molecular weight is 638 g/mol. The number of benzene rings is 1. The van der Waals surface area contributed by atoms with Gasteiger partial charge in [0, 0.05) is 25.9 Å². The van der Waals surface area contributed by atoms with Crippen LogP contribution in [0.2, 0.25) is 0 Å². The van der Waals surface area contributed by atoms with Gasteiger partial charge in [0.05, 0.1) is 32.0 Å². The normalized spacial score (nSPS) is 11.4. The highest BCUT2D eigenvalue weighted by atomic mass is 16.5. The Morgan fingerprint density at radius 3 is 2.00 bits per heavy atom. The van der Waals surface area contributed by atoms with E-state index < -0.39 is 18.0 Å². The summed E-state index contributed by atoms with van der Waals surface area (Å²) >= 11 is 0. The molecule has 0 spiro atoms. The minimum absolute atomic E-state index is 0.0146. The van der Waals surface area contributed by atoms with Crippen LogP contribution < -0.4 is 20.7 Å². The number of hydrogen-bond donors (Lipinski definition) is 5. The van der Waals surface area contributed by atoms with Crippen LogP contribution in [0.3, 0.4) is 0 Å². The van der Waals surface area contributed by atoms with Gasteiger partial charge >= 0.3 is 11.9 Å². The Labute approximate surface area is 265 Å². The largest absolute Gasteiger partial charge is 0.494 e. The number of amides is 3. The van der Waals surface area contributed by atoms with Crippen LogP contribution in [0.1, 0.15) is 94.3 Å². The molecule has 0 aromatic heterocycles. The number of unbranched alkanes of at least 4 members (excludes halogenated alkanes) is 7. The van der Waals surface area contributed by atoms with Crippen LogP contribution in [-0.4, -0.2) is 92.0 Å².